The van der Waals surface area contributed by atoms with Gasteiger partial charge in [-0.1, -0.05) is 23.4 Å². The van der Waals surface area contributed by atoms with Gasteiger partial charge in [-0.25, -0.2) is 0 Å². The lowest BCUT2D eigenvalue weighted by atomic mass is 10.3. The summed E-state index contributed by atoms with van der Waals surface area (Å²) in [5.41, 5.74) is 0.600. The average Bonchev–Trinajstić information content (AvgIpc) is 3.25. The van der Waals surface area contributed by atoms with E-state index in [-0.39, 0.29) is 11.2 Å². The van der Waals surface area contributed by atoms with Gasteiger partial charge in [-0.15, -0.1) is 10.2 Å². The molecule has 26 heavy (non-hydrogen) atoms. The number of amides is 1. The van der Waals surface area contributed by atoms with Gasteiger partial charge in [-0.2, -0.15) is 0 Å². The van der Waals surface area contributed by atoms with E-state index in [0.717, 1.165) is 0 Å². The third kappa shape index (κ3) is 3.86. The van der Waals surface area contributed by atoms with E-state index in [2.05, 4.69) is 15.5 Å². The predicted molar refractivity (Wildman–Crippen MR) is 101 cm³/mol. The highest BCUT2D eigenvalue weighted by molar-refractivity contribution is 8.00. The minimum absolute atomic E-state index is 0.168. The van der Waals surface area contributed by atoms with Gasteiger partial charge >= 0.3 is 0 Å². The van der Waals surface area contributed by atoms with Crippen LogP contribution in [0.1, 0.15) is 6.92 Å². The van der Waals surface area contributed by atoms with Crippen LogP contribution in [0.15, 0.2) is 46.2 Å². The van der Waals surface area contributed by atoms with E-state index in [1.807, 2.05) is 13.1 Å². The first-order valence-electron chi connectivity index (χ1n) is 7.74. The van der Waals surface area contributed by atoms with E-state index >= 15 is 0 Å². The summed E-state index contributed by atoms with van der Waals surface area (Å²) in [5.74, 6) is 1.61. The molecule has 0 aliphatic rings. The van der Waals surface area contributed by atoms with Crippen molar-refractivity contribution < 1.29 is 13.9 Å². The first-order valence-corrected chi connectivity index (χ1v) is 8.99. The summed E-state index contributed by atoms with van der Waals surface area (Å²) in [6.45, 7) is 1.80. The number of nitrogens with one attached hydrogen (secondary N) is 1. The third-order valence-corrected chi connectivity index (χ3v) is 5.08. The van der Waals surface area contributed by atoms with Crippen molar-refractivity contribution >= 4 is 35.0 Å². The Kier molecular flexibility index (Phi) is 5.53. The number of carbonyl (C=O) groups is 1. The molecule has 2 heterocycles. The summed E-state index contributed by atoms with van der Waals surface area (Å²) in [6.07, 6.45) is 1.58. The summed E-state index contributed by atoms with van der Waals surface area (Å²) >= 11 is 7.39. The van der Waals surface area contributed by atoms with Gasteiger partial charge in [0.2, 0.25) is 5.91 Å². The summed E-state index contributed by atoms with van der Waals surface area (Å²) in [5, 5.41) is 11.8. The smallest absolute Gasteiger partial charge is 0.237 e. The molecule has 0 fully saturated rings. The molecule has 0 unspecified atom stereocenters. The molecule has 0 bridgehead atoms. The molecule has 2 aromatic heterocycles. The normalized spacial score (nSPS) is 12.0. The molecular weight excluding hydrogens is 376 g/mol. The van der Waals surface area contributed by atoms with Crippen LogP contribution in [0, 0.1) is 0 Å². The Balaban J connectivity index is 1.67. The van der Waals surface area contributed by atoms with Crippen LogP contribution in [0.4, 0.5) is 5.69 Å². The highest BCUT2D eigenvalue weighted by Gasteiger charge is 2.20. The Labute approximate surface area is 159 Å². The van der Waals surface area contributed by atoms with Crippen LogP contribution in [0.25, 0.3) is 11.6 Å². The Morgan fingerprint density at radius 3 is 2.85 bits per heavy atom. The van der Waals surface area contributed by atoms with E-state index in [4.69, 9.17) is 20.8 Å². The highest BCUT2D eigenvalue weighted by atomic mass is 35.5. The van der Waals surface area contributed by atoms with Crippen molar-refractivity contribution in [2.45, 2.75) is 17.3 Å². The van der Waals surface area contributed by atoms with Crippen molar-refractivity contribution in [3.05, 3.63) is 41.6 Å². The number of methoxy groups -OCH3 is 1. The van der Waals surface area contributed by atoms with Crippen molar-refractivity contribution in [2.24, 2.45) is 7.05 Å². The number of hydrogen-bond donors (Lipinski definition) is 1. The molecule has 1 atom stereocenters. The van der Waals surface area contributed by atoms with E-state index in [0.29, 0.717) is 33.2 Å². The number of furan rings is 1. The fraction of sp³-hybridized carbons (Fsp3) is 0.235. The summed E-state index contributed by atoms with van der Waals surface area (Å²) in [6, 6.07) is 8.67. The molecule has 1 N–H and O–H groups in total. The maximum Gasteiger partial charge on any atom is 0.237 e. The lowest BCUT2D eigenvalue weighted by Gasteiger charge is -2.12. The van der Waals surface area contributed by atoms with Crippen molar-refractivity contribution in [1.29, 1.82) is 0 Å². The van der Waals surface area contributed by atoms with Crippen molar-refractivity contribution in [1.82, 2.24) is 14.8 Å². The summed E-state index contributed by atoms with van der Waals surface area (Å²) < 4.78 is 12.2. The van der Waals surface area contributed by atoms with Gasteiger partial charge < -0.3 is 19.0 Å². The van der Waals surface area contributed by atoms with Crippen molar-refractivity contribution in [3.8, 4) is 17.3 Å². The number of aromatic nitrogens is 3. The van der Waals surface area contributed by atoms with Crippen LogP contribution in [0.2, 0.25) is 5.02 Å². The zero-order chi connectivity index (χ0) is 18.7. The number of carbonyl (C=O) groups excluding carboxylic acids is 1. The third-order valence-electron chi connectivity index (χ3n) is 3.65. The van der Waals surface area contributed by atoms with Crippen LogP contribution in [0.3, 0.4) is 0 Å². The van der Waals surface area contributed by atoms with Gasteiger partial charge in [0.15, 0.2) is 16.7 Å². The van der Waals surface area contributed by atoms with Crippen LogP contribution in [0.5, 0.6) is 5.75 Å². The molecule has 3 rings (SSSR count). The fourth-order valence-electron chi connectivity index (χ4n) is 2.24. The Hall–Kier alpha value is -2.45. The lowest BCUT2D eigenvalue weighted by molar-refractivity contribution is -0.115. The number of halogens is 1. The molecule has 0 radical (unpaired) electrons. The first-order chi connectivity index (χ1) is 12.5. The number of anilines is 1. The Bertz CT molecular complexity index is 911. The monoisotopic (exact) mass is 392 g/mol. The minimum Gasteiger partial charge on any atom is -0.495 e. The molecule has 0 saturated heterocycles. The van der Waals surface area contributed by atoms with Crippen LogP contribution in [-0.2, 0) is 11.8 Å². The number of rotatable bonds is 6. The fourth-order valence-corrected chi connectivity index (χ4v) is 3.31. The highest BCUT2D eigenvalue weighted by Crippen LogP contribution is 2.29. The van der Waals surface area contributed by atoms with Crippen molar-refractivity contribution in [2.75, 3.05) is 12.4 Å². The standard InChI is InChI=1S/C17H17ClN4O3S/c1-10(16(23)19-11-6-7-13(24-3)12(18)9-11)26-17-21-20-15(22(17)2)14-5-4-8-25-14/h4-10H,1-3H3,(H,19,23)/t10-/m0/s1. The molecule has 7 nitrogen and oxygen atoms in total. The second kappa shape index (κ2) is 7.84. The van der Waals surface area contributed by atoms with E-state index in [9.17, 15) is 4.79 Å². The van der Waals surface area contributed by atoms with E-state index < -0.39 is 0 Å². The predicted octanol–water partition coefficient (Wildman–Crippen LogP) is 3.86. The SMILES string of the molecule is COc1ccc(NC(=O)[C@H](C)Sc2nnc(-c3ccco3)n2C)cc1Cl. The quantitative estimate of drug-likeness (QED) is 0.641. The molecule has 1 aromatic carbocycles. The molecule has 136 valence electrons. The maximum atomic E-state index is 12.4. The molecule has 0 saturated carbocycles. The van der Waals surface area contributed by atoms with Crippen LogP contribution < -0.4 is 10.1 Å². The van der Waals surface area contributed by atoms with Crippen LogP contribution >= 0.6 is 23.4 Å². The second-order valence-corrected chi connectivity index (χ2v) is 7.16. The number of ether oxygens (including phenoxy) is 1. The molecule has 0 aliphatic carbocycles. The molecule has 0 aliphatic heterocycles. The van der Waals surface area contributed by atoms with Crippen LogP contribution in [-0.4, -0.2) is 33.0 Å². The summed E-state index contributed by atoms with van der Waals surface area (Å²) in [7, 11) is 3.37. The zero-order valence-corrected chi connectivity index (χ0v) is 16.0. The van der Waals surface area contributed by atoms with Crippen molar-refractivity contribution in [3.63, 3.8) is 0 Å². The second-order valence-electron chi connectivity index (χ2n) is 5.44. The van der Waals surface area contributed by atoms with Gasteiger partial charge in [-0.3, -0.25) is 4.79 Å². The molecule has 9 heteroatoms. The number of benzene rings is 1. The Morgan fingerprint density at radius 2 is 2.19 bits per heavy atom. The lowest BCUT2D eigenvalue weighted by Crippen LogP contribution is -2.22. The molecule has 3 aromatic rings. The van der Waals surface area contributed by atoms with Gasteiger partial charge in [0.1, 0.15) is 5.75 Å². The molecule has 0 spiro atoms. The average molecular weight is 393 g/mol. The number of hydrogen-bond acceptors (Lipinski definition) is 6. The largest absolute Gasteiger partial charge is 0.495 e. The molecule has 1 amide bonds. The molecular formula is C17H17ClN4O3S. The van der Waals surface area contributed by atoms with Gasteiger partial charge in [0.25, 0.3) is 0 Å². The van der Waals surface area contributed by atoms with Gasteiger partial charge in [0.05, 0.1) is 23.6 Å². The number of thioether (sulfide) groups is 1. The van der Waals surface area contributed by atoms with Gasteiger partial charge in [-0.05, 0) is 37.3 Å². The first kappa shape index (κ1) is 18.3. The number of nitrogens with zero attached hydrogens (tertiary/aromatic N) is 3. The maximum absolute atomic E-state index is 12.4. The van der Waals surface area contributed by atoms with E-state index in [1.165, 1.54) is 18.9 Å². The van der Waals surface area contributed by atoms with Gasteiger partial charge in [0, 0.05) is 12.7 Å². The Morgan fingerprint density at radius 1 is 1.38 bits per heavy atom. The minimum atomic E-state index is -0.386. The zero-order valence-electron chi connectivity index (χ0n) is 14.4. The topological polar surface area (TPSA) is 82.2 Å². The van der Waals surface area contributed by atoms with E-state index in [1.54, 1.807) is 42.0 Å². The summed E-state index contributed by atoms with van der Waals surface area (Å²) in [4.78, 5) is 12.4.